The maximum Gasteiger partial charge on any atom is 0.240 e. The summed E-state index contributed by atoms with van der Waals surface area (Å²) in [6.07, 6.45) is 1.36. The van der Waals surface area contributed by atoms with Crippen LogP contribution in [0.3, 0.4) is 0 Å². The van der Waals surface area contributed by atoms with Crippen molar-refractivity contribution in [3.8, 4) is 0 Å². The first-order valence-corrected chi connectivity index (χ1v) is 7.15. The summed E-state index contributed by atoms with van der Waals surface area (Å²) in [5.74, 6) is -1.29. The molecule has 0 bridgehead atoms. The SMILES string of the molecule is NC(=O)C(N)c1nonc1C(=N[C@H]1CCc2ccc(F)cc21)NO. The molecule has 0 fully saturated rings. The number of hydrogen-bond acceptors (Lipinski definition) is 7. The Hall–Kier alpha value is -2.85. The van der Waals surface area contributed by atoms with Crippen molar-refractivity contribution in [3.05, 3.63) is 46.5 Å². The van der Waals surface area contributed by atoms with Crippen LogP contribution in [0.5, 0.6) is 0 Å². The fourth-order valence-electron chi connectivity index (χ4n) is 2.68. The number of amides is 1. The van der Waals surface area contributed by atoms with E-state index in [-0.39, 0.29) is 29.1 Å². The number of aromatic nitrogens is 2. The van der Waals surface area contributed by atoms with Crippen molar-refractivity contribution in [2.75, 3.05) is 0 Å². The summed E-state index contributed by atoms with van der Waals surface area (Å²) >= 11 is 0. The minimum atomic E-state index is -1.27. The van der Waals surface area contributed by atoms with Crippen LogP contribution >= 0.6 is 0 Å². The van der Waals surface area contributed by atoms with E-state index in [9.17, 15) is 14.4 Å². The zero-order valence-corrected chi connectivity index (χ0v) is 12.4. The highest BCUT2D eigenvalue weighted by Crippen LogP contribution is 2.34. The number of fused-ring (bicyclic) bond motifs is 1. The summed E-state index contributed by atoms with van der Waals surface area (Å²) in [5, 5.41) is 16.5. The lowest BCUT2D eigenvalue weighted by Crippen LogP contribution is -2.32. The van der Waals surface area contributed by atoms with Crippen molar-refractivity contribution >= 4 is 11.7 Å². The Morgan fingerprint density at radius 2 is 2.29 bits per heavy atom. The Labute approximate surface area is 135 Å². The number of carbonyl (C=O) groups excluding carboxylic acids is 1. The molecular formula is C14H15FN6O3. The molecule has 2 atom stereocenters. The van der Waals surface area contributed by atoms with Crippen LogP contribution in [-0.4, -0.2) is 27.3 Å². The van der Waals surface area contributed by atoms with E-state index in [2.05, 4.69) is 19.9 Å². The molecule has 0 aliphatic heterocycles. The van der Waals surface area contributed by atoms with Gasteiger partial charge in [-0.25, -0.2) is 9.02 Å². The summed E-state index contributed by atoms with van der Waals surface area (Å²) < 4.78 is 18.0. The van der Waals surface area contributed by atoms with Crippen molar-refractivity contribution in [1.29, 1.82) is 0 Å². The number of hydrogen-bond donors (Lipinski definition) is 4. The first-order chi connectivity index (χ1) is 11.5. The van der Waals surface area contributed by atoms with Gasteiger partial charge in [0.15, 0.2) is 11.5 Å². The van der Waals surface area contributed by atoms with Gasteiger partial charge in [0.2, 0.25) is 5.91 Å². The smallest absolute Gasteiger partial charge is 0.240 e. The number of rotatable bonds is 4. The molecule has 6 N–H and O–H groups in total. The van der Waals surface area contributed by atoms with Gasteiger partial charge >= 0.3 is 0 Å². The Morgan fingerprint density at radius 3 is 3.00 bits per heavy atom. The maximum atomic E-state index is 13.5. The molecule has 126 valence electrons. The topological polar surface area (TPSA) is 153 Å². The lowest BCUT2D eigenvalue weighted by molar-refractivity contribution is -0.119. The summed E-state index contributed by atoms with van der Waals surface area (Å²) in [6.45, 7) is 0. The number of aliphatic imine (C=N–C) groups is 1. The third-order valence-electron chi connectivity index (χ3n) is 3.88. The average Bonchev–Trinajstić information content (AvgIpc) is 3.18. The summed E-state index contributed by atoms with van der Waals surface area (Å²) in [6, 6.07) is 2.85. The lowest BCUT2D eigenvalue weighted by Gasteiger charge is -2.10. The van der Waals surface area contributed by atoms with Gasteiger partial charge in [0.25, 0.3) is 0 Å². The number of aryl methyl sites for hydroxylation is 1. The molecule has 0 saturated carbocycles. The van der Waals surface area contributed by atoms with Gasteiger partial charge in [0.05, 0.1) is 6.04 Å². The van der Waals surface area contributed by atoms with Crippen molar-refractivity contribution in [3.63, 3.8) is 0 Å². The van der Waals surface area contributed by atoms with Crippen LogP contribution < -0.4 is 16.9 Å². The van der Waals surface area contributed by atoms with Crippen LogP contribution in [-0.2, 0) is 11.2 Å². The molecule has 3 rings (SSSR count). The molecule has 1 aliphatic carbocycles. The number of benzene rings is 1. The molecular weight excluding hydrogens is 319 g/mol. The van der Waals surface area contributed by atoms with Crippen molar-refractivity contribution in [2.24, 2.45) is 16.5 Å². The number of nitrogens with two attached hydrogens (primary N) is 2. The quantitative estimate of drug-likeness (QED) is 0.351. The monoisotopic (exact) mass is 334 g/mol. The molecule has 9 nitrogen and oxygen atoms in total. The molecule has 1 aromatic carbocycles. The molecule has 1 amide bonds. The van der Waals surface area contributed by atoms with E-state index in [0.29, 0.717) is 6.42 Å². The highest BCUT2D eigenvalue weighted by Gasteiger charge is 2.28. The van der Waals surface area contributed by atoms with Crippen LogP contribution in [0.15, 0.2) is 27.8 Å². The third-order valence-corrected chi connectivity index (χ3v) is 3.88. The van der Waals surface area contributed by atoms with Crippen LogP contribution in [0.1, 0.15) is 41.0 Å². The van der Waals surface area contributed by atoms with Crippen LogP contribution in [0, 0.1) is 5.82 Å². The van der Waals surface area contributed by atoms with E-state index in [1.54, 1.807) is 6.07 Å². The number of amidine groups is 1. The highest BCUT2D eigenvalue weighted by atomic mass is 19.1. The maximum absolute atomic E-state index is 13.5. The van der Waals surface area contributed by atoms with Gasteiger partial charge in [-0.2, -0.15) is 0 Å². The zero-order chi connectivity index (χ0) is 17.3. The van der Waals surface area contributed by atoms with Crippen LogP contribution in [0.4, 0.5) is 4.39 Å². The summed E-state index contributed by atoms with van der Waals surface area (Å²) in [4.78, 5) is 15.6. The fraction of sp³-hybridized carbons (Fsp3) is 0.286. The Morgan fingerprint density at radius 1 is 1.50 bits per heavy atom. The Kier molecular flexibility index (Phi) is 4.23. The molecule has 2 aromatic rings. The van der Waals surface area contributed by atoms with Gasteiger partial charge in [-0.3, -0.25) is 20.5 Å². The molecule has 24 heavy (non-hydrogen) atoms. The molecule has 1 aromatic heterocycles. The van der Waals surface area contributed by atoms with Crippen molar-refractivity contribution < 1.29 is 19.0 Å². The molecule has 1 unspecified atom stereocenters. The number of halogens is 1. The zero-order valence-electron chi connectivity index (χ0n) is 12.4. The Balaban J connectivity index is 1.97. The first kappa shape index (κ1) is 16.0. The molecule has 1 heterocycles. The second-order valence-corrected chi connectivity index (χ2v) is 5.37. The van der Waals surface area contributed by atoms with Gasteiger partial charge in [0.1, 0.15) is 17.6 Å². The average molecular weight is 334 g/mol. The number of nitrogens with zero attached hydrogens (tertiary/aromatic N) is 3. The van der Waals surface area contributed by atoms with Crippen LogP contribution in [0.25, 0.3) is 0 Å². The standard InChI is InChI=1S/C14H15FN6O3/c15-7-3-1-6-2-4-9(8(6)5-7)18-14(19-23)12-11(20-24-21-12)10(16)13(17)22/h1,3,5,9-10,23H,2,4,16H2,(H2,17,22)(H,18,19)/t9-,10?/m0/s1. The van der Waals surface area contributed by atoms with Gasteiger partial charge < -0.3 is 11.5 Å². The summed E-state index contributed by atoms with van der Waals surface area (Å²) in [5.41, 5.74) is 14.3. The second kappa shape index (κ2) is 6.34. The van der Waals surface area contributed by atoms with E-state index in [1.165, 1.54) is 12.1 Å². The Bertz CT molecular complexity index is 806. The third kappa shape index (κ3) is 2.84. The minimum Gasteiger partial charge on any atom is -0.368 e. The number of carbonyl (C=O) groups is 1. The number of nitrogens with one attached hydrogen (secondary N) is 1. The van der Waals surface area contributed by atoms with Gasteiger partial charge in [-0.05, 0) is 41.3 Å². The predicted octanol–water partition coefficient (Wildman–Crippen LogP) is 0.107. The molecule has 0 radical (unpaired) electrons. The van der Waals surface area contributed by atoms with E-state index >= 15 is 0 Å². The lowest BCUT2D eigenvalue weighted by atomic mass is 10.1. The second-order valence-electron chi connectivity index (χ2n) is 5.37. The molecule has 0 saturated heterocycles. The van der Waals surface area contributed by atoms with E-state index in [1.807, 2.05) is 5.48 Å². The highest BCUT2D eigenvalue weighted by molar-refractivity contribution is 5.98. The van der Waals surface area contributed by atoms with Gasteiger partial charge in [-0.15, -0.1) is 0 Å². The van der Waals surface area contributed by atoms with E-state index in [4.69, 9.17) is 11.5 Å². The largest absolute Gasteiger partial charge is 0.368 e. The number of primary amides is 1. The molecule has 0 spiro atoms. The van der Waals surface area contributed by atoms with E-state index in [0.717, 1.165) is 17.5 Å². The van der Waals surface area contributed by atoms with Crippen LogP contribution in [0.2, 0.25) is 0 Å². The molecule has 1 aliphatic rings. The van der Waals surface area contributed by atoms with E-state index < -0.39 is 11.9 Å². The molecule has 10 heteroatoms. The summed E-state index contributed by atoms with van der Waals surface area (Å²) in [7, 11) is 0. The van der Waals surface area contributed by atoms with Crippen molar-refractivity contribution in [1.82, 2.24) is 15.8 Å². The van der Waals surface area contributed by atoms with Gasteiger partial charge in [0, 0.05) is 0 Å². The first-order valence-electron chi connectivity index (χ1n) is 7.15. The fourth-order valence-corrected chi connectivity index (χ4v) is 2.68. The number of hydroxylamine groups is 1. The van der Waals surface area contributed by atoms with Crippen molar-refractivity contribution in [2.45, 2.75) is 24.9 Å². The predicted molar refractivity (Wildman–Crippen MR) is 79.3 cm³/mol. The normalized spacial score (nSPS) is 18.3. The van der Waals surface area contributed by atoms with Gasteiger partial charge in [-0.1, -0.05) is 11.2 Å². The minimum absolute atomic E-state index is 0.0337.